The van der Waals surface area contributed by atoms with Crippen LogP contribution in [0.4, 0.5) is 0 Å². The molecular weight excluding hydrogens is 222 g/mol. The number of hydrogen-bond donors (Lipinski definition) is 0. The number of imide groups is 1. The molecule has 2 amide bonds. The third-order valence-electron chi connectivity index (χ3n) is 1.51. The second-order valence-electron chi connectivity index (χ2n) is 3.14. The van der Waals surface area contributed by atoms with E-state index in [2.05, 4.69) is 15.9 Å². The van der Waals surface area contributed by atoms with Gasteiger partial charge in [0.1, 0.15) is 0 Å². The first-order chi connectivity index (χ1) is 5.52. The van der Waals surface area contributed by atoms with E-state index < -0.39 is 0 Å². The molecule has 66 valence electrons. The molecule has 1 rings (SSSR count). The van der Waals surface area contributed by atoms with Crippen molar-refractivity contribution >= 4 is 27.7 Å². The van der Waals surface area contributed by atoms with Crippen LogP contribution in [0.25, 0.3) is 0 Å². The van der Waals surface area contributed by atoms with Crippen LogP contribution in [-0.4, -0.2) is 23.3 Å². The summed E-state index contributed by atoms with van der Waals surface area (Å²) in [4.78, 5) is 23.6. The SMILES string of the molecule is CC(C)CN1C(=O)C=C(Br)C1=O. The van der Waals surface area contributed by atoms with Crippen LogP contribution in [0.1, 0.15) is 13.8 Å². The van der Waals surface area contributed by atoms with Crippen molar-refractivity contribution in [1.29, 1.82) is 0 Å². The molecule has 0 unspecified atom stereocenters. The molecule has 12 heavy (non-hydrogen) atoms. The van der Waals surface area contributed by atoms with E-state index in [1.165, 1.54) is 11.0 Å². The van der Waals surface area contributed by atoms with E-state index in [1.807, 2.05) is 13.8 Å². The first-order valence-corrected chi connectivity index (χ1v) is 4.54. The monoisotopic (exact) mass is 231 g/mol. The minimum atomic E-state index is -0.228. The van der Waals surface area contributed by atoms with Gasteiger partial charge in [-0.25, -0.2) is 0 Å². The molecular formula is C8H10BrNO2. The normalized spacial score (nSPS) is 17.7. The molecule has 3 nitrogen and oxygen atoms in total. The lowest BCUT2D eigenvalue weighted by atomic mass is 10.2. The van der Waals surface area contributed by atoms with Crippen molar-refractivity contribution in [2.45, 2.75) is 13.8 Å². The molecule has 0 saturated carbocycles. The number of carbonyl (C=O) groups is 2. The lowest BCUT2D eigenvalue weighted by molar-refractivity contribution is -0.137. The van der Waals surface area contributed by atoms with Gasteiger partial charge < -0.3 is 0 Å². The van der Waals surface area contributed by atoms with E-state index in [-0.39, 0.29) is 11.8 Å². The van der Waals surface area contributed by atoms with Crippen LogP contribution in [0.5, 0.6) is 0 Å². The van der Waals surface area contributed by atoms with Gasteiger partial charge in [-0.15, -0.1) is 0 Å². The van der Waals surface area contributed by atoms with Crippen LogP contribution in [0.2, 0.25) is 0 Å². The molecule has 0 radical (unpaired) electrons. The molecule has 0 spiro atoms. The summed E-state index contributed by atoms with van der Waals surface area (Å²) >= 11 is 3.02. The van der Waals surface area contributed by atoms with E-state index in [0.29, 0.717) is 16.9 Å². The number of nitrogens with zero attached hydrogens (tertiary/aromatic N) is 1. The van der Waals surface area contributed by atoms with E-state index in [1.54, 1.807) is 0 Å². The topological polar surface area (TPSA) is 37.4 Å². The Hall–Kier alpha value is -0.640. The summed E-state index contributed by atoms with van der Waals surface area (Å²) in [6.45, 7) is 4.42. The Kier molecular flexibility index (Phi) is 2.67. The number of carbonyl (C=O) groups excluding carboxylic acids is 2. The fraction of sp³-hybridized carbons (Fsp3) is 0.500. The maximum atomic E-state index is 11.2. The lowest BCUT2D eigenvalue weighted by Crippen LogP contribution is -2.33. The summed E-state index contributed by atoms with van der Waals surface area (Å²) in [5.74, 6) is -0.140. The quantitative estimate of drug-likeness (QED) is 0.672. The summed E-state index contributed by atoms with van der Waals surface area (Å²) in [5, 5.41) is 0. The van der Waals surface area contributed by atoms with Crippen molar-refractivity contribution in [3.05, 3.63) is 10.6 Å². The summed E-state index contributed by atoms with van der Waals surface area (Å²) in [6, 6.07) is 0. The van der Waals surface area contributed by atoms with Gasteiger partial charge in [0.15, 0.2) is 0 Å². The number of rotatable bonds is 2. The Labute approximate surface area is 79.5 Å². The highest BCUT2D eigenvalue weighted by Gasteiger charge is 2.29. The highest BCUT2D eigenvalue weighted by Crippen LogP contribution is 2.18. The zero-order chi connectivity index (χ0) is 9.30. The van der Waals surface area contributed by atoms with Gasteiger partial charge in [-0.2, -0.15) is 0 Å². The molecule has 4 heteroatoms. The highest BCUT2D eigenvalue weighted by atomic mass is 79.9. The third-order valence-corrected chi connectivity index (χ3v) is 2.08. The lowest BCUT2D eigenvalue weighted by Gasteiger charge is -2.15. The minimum absolute atomic E-state index is 0.222. The van der Waals surface area contributed by atoms with Crippen LogP contribution >= 0.6 is 15.9 Å². The summed E-state index contributed by atoms with van der Waals surface area (Å²) in [5.41, 5.74) is 0. The van der Waals surface area contributed by atoms with Gasteiger partial charge in [-0.05, 0) is 21.8 Å². The largest absolute Gasteiger partial charge is 0.274 e. The Morgan fingerprint density at radius 3 is 2.42 bits per heavy atom. The summed E-state index contributed by atoms with van der Waals surface area (Å²) in [6.07, 6.45) is 1.31. The average Bonchev–Trinajstić information content (AvgIpc) is 2.16. The Morgan fingerprint density at radius 1 is 1.50 bits per heavy atom. The molecule has 0 saturated heterocycles. The minimum Gasteiger partial charge on any atom is -0.274 e. The van der Waals surface area contributed by atoms with Crippen LogP contribution in [0.3, 0.4) is 0 Å². The average molecular weight is 232 g/mol. The molecule has 0 fully saturated rings. The smallest absolute Gasteiger partial charge is 0.267 e. The first kappa shape index (κ1) is 9.45. The van der Waals surface area contributed by atoms with Gasteiger partial charge in [-0.3, -0.25) is 14.5 Å². The van der Waals surface area contributed by atoms with Crippen LogP contribution in [0.15, 0.2) is 10.6 Å². The van der Waals surface area contributed by atoms with Gasteiger partial charge in [-0.1, -0.05) is 13.8 Å². The molecule has 1 heterocycles. The van der Waals surface area contributed by atoms with Crippen LogP contribution < -0.4 is 0 Å². The fourth-order valence-corrected chi connectivity index (χ4v) is 1.42. The molecule has 1 aliphatic rings. The van der Waals surface area contributed by atoms with Crippen LogP contribution in [0, 0.1) is 5.92 Å². The predicted octanol–water partition coefficient (Wildman–Crippen LogP) is 1.29. The van der Waals surface area contributed by atoms with Gasteiger partial charge in [0.05, 0.1) is 4.48 Å². The number of halogens is 1. The van der Waals surface area contributed by atoms with Crippen molar-refractivity contribution < 1.29 is 9.59 Å². The molecule has 0 aromatic heterocycles. The van der Waals surface area contributed by atoms with E-state index in [4.69, 9.17) is 0 Å². The zero-order valence-electron chi connectivity index (χ0n) is 7.00. The predicted molar refractivity (Wildman–Crippen MR) is 48.6 cm³/mol. The van der Waals surface area contributed by atoms with Gasteiger partial charge >= 0.3 is 0 Å². The Balaban J connectivity index is 2.70. The van der Waals surface area contributed by atoms with Crippen LogP contribution in [-0.2, 0) is 9.59 Å². The molecule has 1 aliphatic heterocycles. The number of amides is 2. The molecule has 0 aliphatic carbocycles. The van der Waals surface area contributed by atoms with E-state index in [9.17, 15) is 9.59 Å². The van der Waals surface area contributed by atoms with Crippen molar-refractivity contribution in [3.63, 3.8) is 0 Å². The maximum absolute atomic E-state index is 11.2. The molecule has 0 bridgehead atoms. The summed E-state index contributed by atoms with van der Waals surface area (Å²) < 4.78 is 0.355. The van der Waals surface area contributed by atoms with Gasteiger partial charge in [0, 0.05) is 12.6 Å². The second-order valence-corrected chi connectivity index (χ2v) is 3.99. The Morgan fingerprint density at radius 2 is 2.08 bits per heavy atom. The maximum Gasteiger partial charge on any atom is 0.267 e. The third kappa shape index (κ3) is 1.75. The van der Waals surface area contributed by atoms with Crippen molar-refractivity contribution in [2.24, 2.45) is 5.92 Å². The van der Waals surface area contributed by atoms with Crippen molar-refractivity contribution in [3.8, 4) is 0 Å². The van der Waals surface area contributed by atoms with E-state index >= 15 is 0 Å². The van der Waals surface area contributed by atoms with Crippen molar-refractivity contribution in [1.82, 2.24) is 4.90 Å². The molecule has 0 aromatic rings. The number of hydrogen-bond acceptors (Lipinski definition) is 2. The molecule has 0 atom stereocenters. The second kappa shape index (κ2) is 3.39. The summed E-state index contributed by atoms with van der Waals surface area (Å²) in [7, 11) is 0. The molecule has 0 aromatic carbocycles. The highest BCUT2D eigenvalue weighted by molar-refractivity contribution is 9.12. The Bertz CT molecular complexity index is 258. The fourth-order valence-electron chi connectivity index (χ4n) is 1.02. The molecule has 0 N–H and O–H groups in total. The first-order valence-electron chi connectivity index (χ1n) is 3.75. The standard InChI is InChI=1S/C8H10BrNO2/c1-5(2)4-10-7(11)3-6(9)8(10)12/h3,5H,4H2,1-2H3. The van der Waals surface area contributed by atoms with Gasteiger partial charge in [0.25, 0.3) is 11.8 Å². The van der Waals surface area contributed by atoms with E-state index in [0.717, 1.165) is 0 Å². The van der Waals surface area contributed by atoms with Crippen molar-refractivity contribution in [2.75, 3.05) is 6.54 Å². The van der Waals surface area contributed by atoms with Gasteiger partial charge in [0.2, 0.25) is 0 Å². The zero-order valence-corrected chi connectivity index (χ0v) is 8.59.